The average Bonchev–Trinajstić information content (AvgIpc) is 3.06. The van der Waals surface area contributed by atoms with Crippen LogP contribution in [0.5, 0.6) is 0 Å². The summed E-state index contributed by atoms with van der Waals surface area (Å²) >= 11 is 0.136. The van der Waals surface area contributed by atoms with E-state index in [4.69, 9.17) is 0 Å². The van der Waals surface area contributed by atoms with Crippen LogP contribution in [0.4, 0.5) is 0 Å². The Kier molecular flexibility index (Phi) is 8.09. The third kappa shape index (κ3) is 5.91. The molecule has 0 amide bonds. The summed E-state index contributed by atoms with van der Waals surface area (Å²) in [5, 5.41) is 0. The number of hydrogen-bond donors (Lipinski definition) is 0. The molecule has 1 atom stereocenters. The van der Waals surface area contributed by atoms with Gasteiger partial charge in [0.1, 0.15) is 0 Å². The SMILES string of the molecule is CC1=Cc2ccccc2C1[SiH](C)C.c1ccc([CH2][Ti][CH2]c2ccccc2)cc1. The Balaban J connectivity index is 0.000000162. The predicted octanol–water partition coefficient (Wildman–Crippen LogP) is 6.68. The normalized spacial score (nSPS) is 14.7. The van der Waals surface area contributed by atoms with Gasteiger partial charge in [-0.3, -0.25) is 0 Å². The van der Waals surface area contributed by atoms with Crippen molar-refractivity contribution in [3.8, 4) is 0 Å². The molecule has 0 heterocycles. The van der Waals surface area contributed by atoms with Gasteiger partial charge in [0.2, 0.25) is 0 Å². The number of rotatable bonds is 5. The summed E-state index contributed by atoms with van der Waals surface area (Å²) in [6, 6.07) is 30.4. The van der Waals surface area contributed by atoms with Crippen LogP contribution >= 0.6 is 0 Å². The average molecular weight is 418 g/mol. The Morgan fingerprint density at radius 2 is 1.21 bits per heavy atom. The van der Waals surface area contributed by atoms with Gasteiger partial charge >= 0.3 is 100 Å². The molecule has 3 aromatic carbocycles. The van der Waals surface area contributed by atoms with E-state index in [0.29, 0.717) is 0 Å². The molecule has 0 saturated heterocycles. The van der Waals surface area contributed by atoms with Crippen molar-refractivity contribution in [3.05, 3.63) is 113 Å². The van der Waals surface area contributed by atoms with E-state index >= 15 is 0 Å². The van der Waals surface area contributed by atoms with Crippen LogP contribution in [-0.2, 0) is 28.6 Å². The van der Waals surface area contributed by atoms with Gasteiger partial charge < -0.3 is 0 Å². The molecule has 3 aromatic rings. The van der Waals surface area contributed by atoms with Crippen molar-refractivity contribution in [1.82, 2.24) is 0 Å². The van der Waals surface area contributed by atoms with Crippen molar-refractivity contribution in [2.45, 2.75) is 35.0 Å². The Morgan fingerprint density at radius 1 is 0.714 bits per heavy atom. The third-order valence-electron chi connectivity index (χ3n) is 5.22. The Hall–Kier alpha value is -1.67. The van der Waals surface area contributed by atoms with Gasteiger partial charge in [0.05, 0.1) is 0 Å². The fourth-order valence-electron chi connectivity index (χ4n) is 3.93. The molecule has 0 spiro atoms. The van der Waals surface area contributed by atoms with Crippen molar-refractivity contribution in [2.75, 3.05) is 0 Å². The molecule has 0 saturated carbocycles. The molecule has 142 valence electrons. The van der Waals surface area contributed by atoms with Crippen molar-refractivity contribution < 1.29 is 19.2 Å². The van der Waals surface area contributed by atoms with Gasteiger partial charge in [-0.1, -0.05) is 49.0 Å². The molecule has 0 nitrogen and oxygen atoms in total. The Bertz CT molecular complexity index is 845. The summed E-state index contributed by atoms with van der Waals surface area (Å²) in [4.78, 5) is 0. The minimum absolute atomic E-state index is 0.136. The molecular weight excluding hydrogens is 388 g/mol. The van der Waals surface area contributed by atoms with E-state index in [1.165, 1.54) is 26.1 Å². The van der Waals surface area contributed by atoms with Crippen LogP contribution in [0.1, 0.15) is 34.7 Å². The van der Waals surface area contributed by atoms with E-state index in [-0.39, 0.29) is 19.2 Å². The predicted molar refractivity (Wildman–Crippen MR) is 122 cm³/mol. The molecule has 0 fully saturated rings. The van der Waals surface area contributed by atoms with Gasteiger partial charge in [0.15, 0.2) is 0 Å². The second-order valence-electron chi connectivity index (χ2n) is 7.81. The zero-order valence-corrected chi connectivity index (χ0v) is 19.9. The fraction of sp³-hybridized carbons (Fsp3) is 0.231. The monoisotopic (exact) mass is 418 g/mol. The van der Waals surface area contributed by atoms with E-state index < -0.39 is 8.80 Å². The summed E-state index contributed by atoms with van der Waals surface area (Å²) in [7, 11) is -0.586. The van der Waals surface area contributed by atoms with Crippen molar-refractivity contribution >= 4 is 14.9 Å². The second-order valence-corrected chi connectivity index (χ2v) is 12.9. The zero-order valence-electron chi connectivity index (χ0n) is 17.2. The number of fused-ring (bicyclic) bond motifs is 1. The summed E-state index contributed by atoms with van der Waals surface area (Å²) in [6.07, 6.45) is 2.35. The summed E-state index contributed by atoms with van der Waals surface area (Å²) in [6.45, 7) is 7.14. The standard InChI is InChI=1S/C12H16Si.2C7H7.Ti/c1-9-8-10-6-4-5-7-11(10)12(9)13(2)3;2*1-7-5-3-2-4-6-7;/h4-8,12-13H,1-3H3;2*2-6H,1H2;. The number of hydrogen-bond acceptors (Lipinski definition) is 0. The van der Waals surface area contributed by atoms with E-state index in [1.54, 1.807) is 11.1 Å². The van der Waals surface area contributed by atoms with Gasteiger partial charge in [-0.05, 0) is 23.6 Å². The maximum atomic E-state index is 2.43. The quantitative estimate of drug-likeness (QED) is 0.405. The van der Waals surface area contributed by atoms with Crippen LogP contribution in [0.3, 0.4) is 0 Å². The van der Waals surface area contributed by atoms with Crippen LogP contribution in [0, 0.1) is 0 Å². The van der Waals surface area contributed by atoms with Crippen LogP contribution in [0.2, 0.25) is 13.1 Å². The Morgan fingerprint density at radius 3 is 1.75 bits per heavy atom. The van der Waals surface area contributed by atoms with Crippen LogP contribution in [0.15, 0.2) is 90.5 Å². The summed E-state index contributed by atoms with van der Waals surface area (Å²) < 4.78 is 2.60. The van der Waals surface area contributed by atoms with Gasteiger partial charge in [-0.25, -0.2) is 0 Å². The van der Waals surface area contributed by atoms with Crippen LogP contribution in [-0.4, -0.2) is 8.80 Å². The summed E-state index contributed by atoms with van der Waals surface area (Å²) in [5.41, 5.74) is 8.37. The Labute approximate surface area is 181 Å². The molecule has 1 aliphatic rings. The third-order valence-corrected chi connectivity index (χ3v) is 9.49. The van der Waals surface area contributed by atoms with E-state index in [9.17, 15) is 0 Å². The molecular formula is C26H30SiTi. The van der Waals surface area contributed by atoms with Crippen LogP contribution in [0.25, 0.3) is 6.08 Å². The molecule has 0 aromatic heterocycles. The maximum absolute atomic E-state index is 2.43. The first-order chi connectivity index (χ1) is 13.6. The molecule has 1 unspecified atom stereocenters. The minimum atomic E-state index is -0.586. The van der Waals surface area contributed by atoms with E-state index in [2.05, 4.69) is 111 Å². The fourth-order valence-corrected chi connectivity index (χ4v) is 7.94. The van der Waals surface area contributed by atoms with Gasteiger partial charge in [0, 0.05) is 8.80 Å². The number of benzene rings is 3. The molecule has 2 heteroatoms. The molecule has 0 aliphatic heterocycles. The molecule has 0 N–H and O–H groups in total. The molecule has 0 radical (unpaired) electrons. The first kappa shape index (κ1) is 21.0. The second kappa shape index (κ2) is 10.8. The molecule has 1 aliphatic carbocycles. The van der Waals surface area contributed by atoms with Gasteiger partial charge in [0.25, 0.3) is 0 Å². The van der Waals surface area contributed by atoms with E-state index in [0.717, 1.165) is 5.54 Å². The van der Waals surface area contributed by atoms with Crippen LogP contribution < -0.4 is 0 Å². The topological polar surface area (TPSA) is 0 Å². The molecule has 4 rings (SSSR count). The first-order valence-electron chi connectivity index (χ1n) is 10.2. The van der Waals surface area contributed by atoms with Crippen molar-refractivity contribution in [3.63, 3.8) is 0 Å². The van der Waals surface area contributed by atoms with Gasteiger partial charge in [-0.15, -0.1) is 0 Å². The van der Waals surface area contributed by atoms with Crippen molar-refractivity contribution in [2.24, 2.45) is 0 Å². The van der Waals surface area contributed by atoms with Gasteiger partial charge in [-0.2, -0.15) is 0 Å². The molecule has 0 bridgehead atoms. The number of allylic oxidation sites excluding steroid dienone is 1. The van der Waals surface area contributed by atoms with Crippen molar-refractivity contribution in [1.29, 1.82) is 0 Å². The zero-order chi connectivity index (χ0) is 19.8. The first-order valence-corrected chi connectivity index (χ1v) is 15.4. The summed E-state index contributed by atoms with van der Waals surface area (Å²) in [5.74, 6) is 0. The van der Waals surface area contributed by atoms with E-state index in [1.807, 2.05) is 0 Å². The molecule has 28 heavy (non-hydrogen) atoms.